The van der Waals surface area contributed by atoms with Gasteiger partial charge < -0.3 is 19.7 Å². The monoisotopic (exact) mass is 579 g/mol. The Hall–Kier alpha value is -3.62. The molecule has 0 fully saturated rings. The van der Waals surface area contributed by atoms with Gasteiger partial charge in [-0.25, -0.2) is 0 Å². The first kappa shape index (κ1) is 22.2. The number of carbonyl (C=O) groups excluding carboxylic acids is 1. The standard InChI is InChI=1S/C26H15Br2NO5/c27-17-9-13(5-7-20(17)30)23-22(11-15-12-29-19-4-2-1-3-16(15)19)34-26(33)24(23)25(32)14-6-8-21(31)18(28)10-14/h1-12,30-31,33H/b15-11+. The number of hydrogen-bond acceptors (Lipinski definition) is 6. The van der Waals surface area contributed by atoms with Crippen molar-refractivity contribution in [1.29, 1.82) is 0 Å². The minimum Gasteiger partial charge on any atom is -0.507 e. The van der Waals surface area contributed by atoms with Crippen LogP contribution >= 0.6 is 31.9 Å². The molecule has 0 aliphatic carbocycles. The van der Waals surface area contributed by atoms with E-state index in [1.54, 1.807) is 24.4 Å². The number of phenols is 2. The lowest BCUT2D eigenvalue weighted by Gasteiger charge is -2.08. The molecule has 1 aromatic heterocycles. The highest BCUT2D eigenvalue weighted by atomic mass is 79.9. The topological polar surface area (TPSA) is 103 Å². The summed E-state index contributed by atoms with van der Waals surface area (Å²) < 4.78 is 6.46. The summed E-state index contributed by atoms with van der Waals surface area (Å²) in [6.45, 7) is 0. The van der Waals surface area contributed by atoms with E-state index in [2.05, 4.69) is 36.9 Å². The maximum absolute atomic E-state index is 13.5. The zero-order valence-corrected chi connectivity index (χ0v) is 20.5. The number of carbonyl (C=O) groups is 1. The average Bonchev–Trinajstić information content (AvgIpc) is 3.38. The van der Waals surface area contributed by atoms with Gasteiger partial charge in [-0.15, -0.1) is 0 Å². The lowest BCUT2D eigenvalue weighted by Crippen LogP contribution is -2.02. The summed E-state index contributed by atoms with van der Waals surface area (Å²) in [6, 6.07) is 16.7. The molecule has 0 radical (unpaired) electrons. The Balaban J connectivity index is 1.73. The molecular formula is C26H15Br2NO5. The number of aliphatic imine (C=N–C) groups is 1. The molecule has 3 aromatic carbocycles. The number of benzene rings is 3. The van der Waals surface area contributed by atoms with E-state index in [1.807, 2.05) is 24.3 Å². The van der Waals surface area contributed by atoms with E-state index in [9.17, 15) is 20.1 Å². The van der Waals surface area contributed by atoms with Crippen LogP contribution in [0.4, 0.5) is 5.69 Å². The first-order valence-electron chi connectivity index (χ1n) is 10.1. The van der Waals surface area contributed by atoms with Crippen molar-refractivity contribution >= 4 is 61.2 Å². The van der Waals surface area contributed by atoms with Gasteiger partial charge in [-0.3, -0.25) is 9.79 Å². The molecule has 0 amide bonds. The quantitative estimate of drug-likeness (QED) is 0.224. The van der Waals surface area contributed by atoms with Crippen LogP contribution in [0, 0.1) is 0 Å². The van der Waals surface area contributed by atoms with Gasteiger partial charge in [0.15, 0.2) is 0 Å². The van der Waals surface area contributed by atoms with Crippen molar-refractivity contribution in [2.75, 3.05) is 0 Å². The van der Waals surface area contributed by atoms with Crippen LogP contribution in [0.2, 0.25) is 0 Å². The van der Waals surface area contributed by atoms with Crippen LogP contribution in [-0.4, -0.2) is 27.3 Å². The summed E-state index contributed by atoms with van der Waals surface area (Å²) in [6.07, 6.45) is 3.41. The predicted molar refractivity (Wildman–Crippen MR) is 137 cm³/mol. The average molecular weight is 581 g/mol. The number of allylic oxidation sites excluding steroid dienone is 1. The summed E-state index contributed by atoms with van der Waals surface area (Å²) in [5, 5.41) is 30.5. The molecule has 8 heteroatoms. The number of hydrogen-bond donors (Lipinski definition) is 3. The molecule has 0 saturated heterocycles. The van der Waals surface area contributed by atoms with Crippen LogP contribution in [0.5, 0.6) is 17.4 Å². The van der Waals surface area contributed by atoms with E-state index < -0.39 is 11.7 Å². The number of rotatable bonds is 4. The Morgan fingerprint density at radius 1 is 0.912 bits per heavy atom. The third-order valence-electron chi connectivity index (χ3n) is 5.43. The van der Waals surface area contributed by atoms with Crippen LogP contribution in [0.3, 0.4) is 0 Å². The highest BCUT2D eigenvalue weighted by Crippen LogP contribution is 2.43. The molecule has 3 N–H and O–H groups in total. The fraction of sp³-hybridized carbons (Fsp3) is 0. The van der Waals surface area contributed by atoms with Gasteiger partial charge >= 0.3 is 0 Å². The van der Waals surface area contributed by atoms with E-state index in [1.165, 1.54) is 24.3 Å². The van der Waals surface area contributed by atoms with Gasteiger partial charge in [-0.05, 0) is 79.9 Å². The second-order valence-electron chi connectivity index (χ2n) is 7.56. The molecule has 1 aliphatic heterocycles. The molecule has 0 unspecified atom stereocenters. The van der Waals surface area contributed by atoms with E-state index in [-0.39, 0.29) is 28.4 Å². The number of fused-ring (bicyclic) bond motifs is 1. The lowest BCUT2D eigenvalue weighted by atomic mass is 9.94. The van der Waals surface area contributed by atoms with Crippen molar-refractivity contribution in [2.45, 2.75) is 0 Å². The molecule has 34 heavy (non-hydrogen) atoms. The smallest absolute Gasteiger partial charge is 0.294 e. The highest BCUT2D eigenvalue weighted by molar-refractivity contribution is 9.10. The molecule has 0 bridgehead atoms. The summed E-state index contributed by atoms with van der Waals surface area (Å²) in [5.41, 5.74) is 3.57. The Kier molecular flexibility index (Phi) is 5.63. The van der Waals surface area contributed by atoms with Gasteiger partial charge in [0.05, 0.1) is 14.6 Å². The van der Waals surface area contributed by atoms with Gasteiger partial charge in [0.2, 0.25) is 5.78 Å². The molecule has 2 heterocycles. The Morgan fingerprint density at radius 2 is 1.62 bits per heavy atom. The van der Waals surface area contributed by atoms with Gasteiger partial charge in [-0.1, -0.05) is 24.3 Å². The van der Waals surface area contributed by atoms with E-state index in [0.717, 1.165) is 16.8 Å². The van der Waals surface area contributed by atoms with E-state index in [4.69, 9.17) is 4.42 Å². The number of phenolic OH excluding ortho intramolecular Hbond substituents is 2. The van der Waals surface area contributed by atoms with Crippen LogP contribution in [0.15, 0.2) is 79.0 Å². The summed E-state index contributed by atoms with van der Waals surface area (Å²) in [4.78, 5) is 17.9. The summed E-state index contributed by atoms with van der Waals surface area (Å²) in [7, 11) is 0. The maximum atomic E-state index is 13.5. The zero-order chi connectivity index (χ0) is 24.0. The normalized spacial score (nSPS) is 13.4. The molecule has 4 aromatic rings. The number of furan rings is 1. The number of ketones is 1. The maximum Gasteiger partial charge on any atom is 0.294 e. The third kappa shape index (κ3) is 3.85. The highest BCUT2D eigenvalue weighted by Gasteiger charge is 2.28. The third-order valence-corrected chi connectivity index (χ3v) is 6.70. The molecule has 1 aliphatic rings. The molecule has 5 rings (SSSR count). The number of nitrogens with zero attached hydrogens (tertiary/aromatic N) is 1. The zero-order valence-electron chi connectivity index (χ0n) is 17.3. The fourth-order valence-electron chi connectivity index (χ4n) is 3.79. The van der Waals surface area contributed by atoms with Gasteiger partial charge in [0.25, 0.3) is 5.95 Å². The Bertz CT molecular complexity index is 1530. The van der Waals surface area contributed by atoms with Crippen molar-refractivity contribution in [3.05, 3.63) is 92.1 Å². The number of halogens is 2. The van der Waals surface area contributed by atoms with Crippen LogP contribution in [0.1, 0.15) is 27.2 Å². The predicted octanol–water partition coefficient (Wildman–Crippen LogP) is 7.08. The van der Waals surface area contributed by atoms with Crippen molar-refractivity contribution in [3.8, 4) is 28.6 Å². The van der Waals surface area contributed by atoms with Crippen molar-refractivity contribution < 1.29 is 24.5 Å². The molecule has 0 spiro atoms. The van der Waals surface area contributed by atoms with Gasteiger partial charge in [0, 0.05) is 28.5 Å². The first-order chi connectivity index (χ1) is 16.3. The Morgan fingerprint density at radius 3 is 2.35 bits per heavy atom. The van der Waals surface area contributed by atoms with Crippen LogP contribution in [-0.2, 0) is 0 Å². The number of para-hydroxylation sites is 1. The Labute approximate surface area is 210 Å². The molecule has 0 saturated carbocycles. The van der Waals surface area contributed by atoms with Crippen LogP contribution in [0.25, 0.3) is 22.8 Å². The minimum absolute atomic E-state index is 0.0136. The second kappa shape index (κ2) is 8.62. The van der Waals surface area contributed by atoms with Crippen molar-refractivity contribution in [3.63, 3.8) is 0 Å². The van der Waals surface area contributed by atoms with Crippen LogP contribution < -0.4 is 0 Å². The van der Waals surface area contributed by atoms with Crippen molar-refractivity contribution in [2.24, 2.45) is 4.99 Å². The molecule has 6 nitrogen and oxygen atoms in total. The number of aromatic hydroxyl groups is 3. The summed E-state index contributed by atoms with van der Waals surface area (Å²) in [5.74, 6) is -0.756. The molecule has 0 atom stereocenters. The largest absolute Gasteiger partial charge is 0.507 e. The van der Waals surface area contributed by atoms with Gasteiger partial charge in [-0.2, -0.15) is 0 Å². The minimum atomic E-state index is -0.538. The SMILES string of the molecule is O=C(c1ccc(O)c(Br)c1)c1c(O)oc(/C=C2\C=Nc3ccccc32)c1-c1ccc(O)c(Br)c1. The molecule has 168 valence electrons. The lowest BCUT2D eigenvalue weighted by molar-refractivity contribution is 0.103. The van der Waals surface area contributed by atoms with Gasteiger partial charge in [0.1, 0.15) is 22.8 Å². The van der Waals surface area contributed by atoms with E-state index >= 15 is 0 Å². The second-order valence-corrected chi connectivity index (χ2v) is 9.27. The van der Waals surface area contributed by atoms with E-state index in [0.29, 0.717) is 20.1 Å². The molecular weight excluding hydrogens is 566 g/mol. The summed E-state index contributed by atoms with van der Waals surface area (Å²) >= 11 is 6.53. The van der Waals surface area contributed by atoms with Crippen molar-refractivity contribution in [1.82, 2.24) is 0 Å². The fourth-order valence-corrected chi connectivity index (χ4v) is 4.54. The first-order valence-corrected chi connectivity index (χ1v) is 11.6.